The van der Waals surface area contributed by atoms with E-state index in [9.17, 15) is 13.2 Å². The molecule has 0 bridgehead atoms. The fourth-order valence-corrected chi connectivity index (χ4v) is 4.49. The van der Waals surface area contributed by atoms with Crippen molar-refractivity contribution in [1.82, 2.24) is 5.32 Å². The summed E-state index contributed by atoms with van der Waals surface area (Å²) in [6, 6.07) is 8.07. The number of rotatable bonds is 8. The number of hydrogen-bond acceptors (Lipinski definition) is 4. The smallest absolute Gasteiger partial charge is 0.241 e. The predicted octanol–water partition coefficient (Wildman–Crippen LogP) is 5.08. The number of amides is 1. The number of aryl methyl sites for hydroxylation is 1. The van der Waals surface area contributed by atoms with Crippen molar-refractivity contribution in [2.75, 3.05) is 24.2 Å². The zero-order chi connectivity index (χ0) is 23.5. The van der Waals surface area contributed by atoms with Crippen LogP contribution in [0.2, 0.25) is 10.0 Å². The zero-order valence-electron chi connectivity index (χ0n) is 18.5. The number of carbonyl (C=O) groups is 1. The average Bonchev–Trinajstić information content (AvgIpc) is 2.66. The molecule has 0 fully saturated rings. The molecule has 1 N–H and O–H groups in total. The highest BCUT2D eigenvalue weighted by molar-refractivity contribution is 7.92. The highest BCUT2D eigenvalue weighted by atomic mass is 35.5. The average molecular weight is 487 g/mol. The van der Waals surface area contributed by atoms with Crippen LogP contribution in [0.25, 0.3) is 0 Å². The number of anilines is 1. The highest BCUT2D eigenvalue weighted by Crippen LogP contribution is 2.32. The topological polar surface area (TPSA) is 75.7 Å². The highest BCUT2D eigenvalue weighted by Gasteiger charge is 2.23. The summed E-state index contributed by atoms with van der Waals surface area (Å²) in [7, 11) is -2.09. The van der Waals surface area contributed by atoms with E-state index in [2.05, 4.69) is 19.2 Å². The maximum absolute atomic E-state index is 12.8. The van der Waals surface area contributed by atoms with Gasteiger partial charge in [-0.05, 0) is 66.8 Å². The van der Waals surface area contributed by atoms with Crippen LogP contribution in [-0.4, -0.2) is 34.2 Å². The van der Waals surface area contributed by atoms with Crippen LogP contribution in [0.3, 0.4) is 0 Å². The summed E-state index contributed by atoms with van der Waals surface area (Å²) >= 11 is 12.0. The van der Waals surface area contributed by atoms with Gasteiger partial charge in [-0.25, -0.2) is 8.42 Å². The molecule has 0 radical (unpaired) electrons. The summed E-state index contributed by atoms with van der Waals surface area (Å²) in [6.07, 6.45) is 1.04. The maximum atomic E-state index is 12.8. The molecule has 1 amide bonds. The molecule has 0 aliphatic carbocycles. The van der Waals surface area contributed by atoms with Crippen molar-refractivity contribution >= 4 is 44.8 Å². The van der Waals surface area contributed by atoms with Crippen LogP contribution in [0.5, 0.6) is 5.75 Å². The van der Waals surface area contributed by atoms with Gasteiger partial charge in [0.05, 0.1) is 35.1 Å². The van der Waals surface area contributed by atoms with E-state index in [4.69, 9.17) is 27.9 Å². The first-order valence-corrected chi connectivity index (χ1v) is 12.4. The van der Waals surface area contributed by atoms with Crippen LogP contribution in [-0.2, 0) is 14.8 Å². The summed E-state index contributed by atoms with van der Waals surface area (Å²) in [6.45, 7) is 7.57. The summed E-state index contributed by atoms with van der Waals surface area (Å²) in [5, 5.41) is 3.40. The first-order valence-electron chi connectivity index (χ1n) is 9.75. The van der Waals surface area contributed by atoms with Gasteiger partial charge in [-0.2, -0.15) is 0 Å². The molecule has 0 aromatic heterocycles. The lowest BCUT2D eigenvalue weighted by molar-refractivity contribution is -0.120. The molecule has 0 unspecified atom stereocenters. The van der Waals surface area contributed by atoms with Gasteiger partial charge >= 0.3 is 0 Å². The second-order valence-corrected chi connectivity index (χ2v) is 10.5. The van der Waals surface area contributed by atoms with Gasteiger partial charge in [0.15, 0.2) is 0 Å². The van der Waals surface area contributed by atoms with E-state index >= 15 is 0 Å². The van der Waals surface area contributed by atoms with E-state index in [1.54, 1.807) is 7.11 Å². The largest absolute Gasteiger partial charge is 0.496 e. The number of nitrogens with one attached hydrogen (secondary N) is 1. The number of hydrogen-bond donors (Lipinski definition) is 1. The van der Waals surface area contributed by atoms with Crippen molar-refractivity contribution in [1.29, 1.82) is 0 Å². The molecule has 170 valence electrons. The number of ether oxygens (including phenoxy) is 1. The first-order chi connectivity index (χ1) is 14.3. The third kappa shape index (κ3) is 6.28. The lowest BCUT2D eigenvalue weighted by atomic mass is 9.93. The van der Waals surface area contributed by atoms with E-state index in [1.807, 2.05) is 26.0 Å². The Morgan fingerprint density at radius 1 is 1.10 bits per heavy atom. The minimum Gasteiger partial charge on any atom is -0.496 e. The van der Waals surface area contributed by atoms with Crippen LogP contribution in [0.15, 0.2) is 30.3 Å². The third-order valence-corrected chi connectivity index (χ3v) is 6.84. The molecule has 2 rings (SSSR count). The first kappa shape index (κ1) is 25.3. The SMILES string of the molecule is COc1cc(C)c([C@@H](C)NC(=O)CN(c2ccc(Cl)c(Cl)c2)S(C)(=O)=O)cc1C(C)C. The second-order valence-electron chi connectivity index (χ2n) is 7.76. The van der Waals surface area contributed by atoms with E-state index in [1.165, 1.54) is 18.2 Å². The number of benzene rings is 2. The number of halogens is 2. The Labute approximate surface area is 194 Å². The molecule has 2 aromatic carbocycles. The van der Waals surface area contributed by atoms with Gasteiger partial charge in [-0.1, -0.05) is 37.0 Å². The normalized spacial score (nSPS) is 12.5. The van der Waals surface area contributed by atoms with Gasteiger partial charge in [-0.3, -0.25) is 9.10 Å². The Hall–Kier alpha value is -1.96. The quantitative estimate of drug-likeness (QED) is 0.564. The molecule has 0 spiro atoms. The van der Waals surface area contributed by atoms with E-state index in [0.29, 0.717) is 5.02 Å². The Bertz CT molecular complexity index is 1070. The number of nitrogens with zero attached hydrogens (tertiary/aromatic N) is 1. The Balaban J connectivity index is 2.27. The molecule has 6 nitrogen and oxygen atoms in total. The lowest BCUT2D eigenvalue weighted by Gasteiger charge is -2.25. The summed E-state index contributed by atoms with van der Waals surface area (Å²) in [5.41, 5.74) is 3.22. The number of methoxy groups -OCH3 is 1. The van der Waals surface area contributed by atoms with Gasteiger partial charge in [0.2, 0.25) is 15.9 Å². The molecular weight excluding hydrogens is 459 g/mol. The Morgan fingerprint density at radius 3 is 2.26 bits per heavy atom. The zero-order valence-corrected chi connectivity index (χ0v) is 20.8. The van der Waals surface area contributed by atoms with Gasteiger partial charge < -0.3 is 10.1 Å². The summed E-state index contributed by atoms with van der Waals surface area (Å²) < 4.78 is 31.1. The van der Waals surface area contributed by atoms with Gasteiger partial charge in [0, 0.05) is 0 Å². The molecule has 31 heavy (non-hydrogen) atoms. The maximum Gasteiger partial charge on any atom is 0.241 e. The lowest BCUT2D eigenvalue weighted by Crippen LogP contribution is -2.41. The molecule has 0 aliphatic rings. The Kier molecular flexibility index (Phi) is 8.25. The molecule has 0 heterocycles. The van der Waals surface area contributed by atoms with Crippen molar-refractivity contribution in [2.45, 2.75) is 39.7 Å². The van der Waals surface area contributed by atoms with Gasteiger partial charge in [0.1, 0.15) is 12.3 Å². The molecule has 9 heteroatoms. The van der Waals surface area contributed by atoms with Gasteiger partial charge in [-0.15, -0.1) is 0 Å². The van der Waals surface area contributed by atoms with Crippen molar-refractivity contribution in [3.63, 3.8) is 0 Å². The van der Waals surface area contributed by atoms with E-state index < -0.39 is 15.9 Å². The summed E-state index contributed by atoms with van der Waals surface area (Å²) in [4.78, 5) is 12.8. The van der Waals surface area contributed by atoms with Gasteiger partial charge in [0.25, 0.3) is 0 Å². The number of carbonyl (C=O) groups excluding carboxylic acids is 1. The summed E-state index contributed by atoms with van der Waals surface area (Å²) in [5.74, 6) is 0.607. The van der Waals surface area contributed by atoms with E-state index in [-0.39, 0.29) is 29.2 Å². The Morgan fingerprint density at radius 2 is 1.74 bits per heavy atom. The minimum atomic E-state index is -3.72. The van der Waals surface area contributed by atoms with Crippen LogP contribution in [0.1, 0.15) is 49.4 Å². The predicted molar refractivity (Wildman–Crippen MR) is 127 cm³/mol. The monoisotopic (exact) mass is 486 g/mol. The standard InChI is InChI=1S/C22H28Cl2N2O4S/c1-13(2)17-11-18(14(3)9-21(17)30-5)15(4)25-22(27)12-26(31(6,28)29)16-7-8-19(23)20(24)10-16/h7-11,13,15H,12H2,1-6H3,(H,25,27)/t15-/m1/s1. The van der Waals surface area contributed by atoms with Crippen LogP contribution >= 0.6 is 23.2 Å². The minimum absolute atomic E-state index is 0.205. The van der Waals surface area contributed by atoms with Crippen molar-refractivity contribution in [2.24, 2.45) is 0 Å². The third-order valence-electron chi connectivity index (χ3n) is 4.96. The molecule has 2 aromatic rings. The van der Waals surface area contributed by atoms with Crippen LogP contribution < -0.4 is 14.4 Å². The second kappa shape index (κ2) is 10.1. The fourth-order valence-electron chi connectivity index (χ4n) is 3.35. The molecule has 0 aliphatic heterocycles. The van der Waals surface area contributed by atoms with Crippen molar-refractivity contribution in [3.05, 3.63) is 57.1 Å². The van der Waals surface area contributed by atoms with Crippen LogP contribution in [0.4, 0.5) is 5.69 Å². The number of sulfonamides is 1. The fraction of sp³-hybridized carbons (Fsp3) is 0.409. The molecule has 0 saturated carbocycles. The molecular formula is C22H28Cl2N2O4S. The van der Waals surface area contributed by atoms with Crippen LogP contribution in [0, 0.1) is 6.92 Å². The van der Waals surface area contributed by atoms with E-state index in [0.717, 1.165) is 33.0 Å². The van der Waals surface area contributed by atoms with Crippen molar-refractivity contribution < 1.29 is 17.9 Å². The van der Waals surface area contributed by atoms with Crippen molar-refractivity contribution in [3.8, 4) is 5.75 Å². The molecule has 0 saturated heterocycles. The molecule has 1 atom stereocenters.